The Hall–Kier alpha value is -1.39. The predicted octanol–water partition coefficient (Wildman–Crippen LogP) is 3.18. The van der Waals surface area contributed by atoms with Gasteiger partial charge in [0.2, 0.25) is 0 Å². The minimum absolute atomic E-state index is 0.293. The van der Waals surface area contributed by atoms with Crippen LogP contribution < -0.4 is 5.19 Å². The van der Waals surface area contributed by atoms with Crippen molar-refractivity contribution in [1.82, 2.24) is 0 Å². The Kier molecular flexibility index (Phi) is 7.55. The van der Waals surface area contributed by atoms with Crippen LogP contribution in [-0.4, -0.2) is 31.9 Å². The number of aliphatic hydroxyl groups is 1. The van der Waals surface area contributed by atoms with Crippen molar-refractivity contribution < 1.29 is 14.6 Å². The Morgan fingerprint density at radius 3 is 2.45 bits per heavy atom. The van der Waals surface area contributed by atoms with Crippen LogP contribution in [0.1, 0.15) is 33.1 Å². The second kappa shape index (κ2) is 8.91. The fourth-order valence-electron chi connectivity index (χ4n) is 2.44. The number of esters is 1. The van der Waals surface area contributed by atoms with Gasteiger partial charge in [0.25, 0.3) is 0 Å². The minimum Gasteiger partial charge on any atom is -0.463 e. The average Bonchev–Trinajstić information content (AvgIpc) is 2.51. The number of rotatable bonds is 8. The maximum Gasteiger partial charge on any atom is 0.330 e. The molecule has 0 saturated carbocycles. The monoisotopic (exact) mass is 320 g/mol. The summed E-state index contributed by atoms with van der Waals surface area (Å²) in [6.45, 7) is 8.49. The van der Waals surface area contributed by atoms with Gasteiger partial charge in [0, 0.05) is 5.20 Å². The van der Waals surface area contributed by atoms with Gasteiger partial charge in [-0.2, -0.15) is 0 Å². The number of hydrogen-bond acceptors (Lipinski definition) is 3. The molecule has 0 amide bonds. The van der Waals surface area contributed by atoms with Crippen LogP contribution in [0.25, 0.3) is 0 Å². The molecule has 0 radical (unpaired) electrons. The first kappa shape index (κ1) is 18.7. The van der Waals surface area contributed by atoms with Gasteiger partial charge < -0.3 is 9.84 Å². The maximum absolute atomic E-state index is 12.4. The van der Waals surface area contributed by atoms with E-state index < -0.39 is 14.2 Å². The van der Waals surface area contributed by atoms with Crippen LogP contribution in [0.3, 0.4) is 0 Å². The van der Waals surface area contributed by atoms with Crippen molar-refractivity contribution in [3.8, 4) is 0 Å². The molecule has 0 spiro atoms. The number of benzene rings is 1. The lowest BCUT2D eigenvalue weighted by atomic mass is 10.1. The first-order valence-electron chi connectivity index (χ1n) is 8.06. The zero-order valence-electron chi connectivity index (χ0n) is 14.1. The first-order chi connectivity index (χ1) is 10.4. The second-order valence-corrected chi connectivity index (χ2v) is 10.4. The topological polar surface area (TPSA) is 46.5 Å². The van der Waals surface area contributed by atoms with Crippen LogP contribution in [0.5, 0.6) is 0 Å². The first-order valence-corrected chi connectivity index (χ1v) is 11.1. The molecule has 1 unspecified atom stereocenters. The zero-order valence-corrected chi connectivity index (χ0v) is 15.1. The standard InChI is InChI=1S/C18H28O3Si/c1-5-7-11-15(19)14-17(18(20)21-6-2)22(3,4)16-12-9-8-10-13-16/h8-10,12-15,19H,5-7,11H2,1-4H3/b17-14-. The van der Waals surface area contributed by atoms with Gasteiger partial charge in [-0.1, -0.05) is 68.4 Å². The van der Waals surface area contributed by atoms with Crippen molar-refractivity contribution in [3.63, 3.8) is 0 Å². The predicted molar refractivity (Wildman–Crippen MR) is 93.8 cm³/mol. The van der Waals surface area contributed by atoms with E-state index in [0.29, 0.717) is 18.2 Å². The van der Waals surface area contributed by atoms with Crippen LogP contribution >= 0.6 is 0 Å². The van der Waals surface area contributed by atoms with Gasteiger partial charge >= 0.3 is 5.97 Å². The zero-order chi connectivity index (χ0) is 16.6. The Morgan fingerprint density at radius 2 is 1.91 bits per heavy atom. The molecule has 0 heterocycles. The highest BCUT2D eigenvalue weighted by atomic mass is 28.3. The Bertz CT molecular complexity index is 494. The smallest absolute Gasteiger partial charge is 0.330 e. The van der Waals surface area contributed by atoms with E-state index >= 15 is 0 Å². The van der Waals surface area contributed by atoms with Crippen molar-refractivity contribution in [2.75, 3.05) is 6.61 Å². The van der Waals surface area contributed by atoms with Crippen molar-refractivity contribution in [2.24, 2.45) is 0 Å². The van der Waals surface area contributed by atoms with Crippen LogP contribution in [0.2, 0.25) is 13.1 Å². The lowest BCUT2D eigenvalue weighted by Crippen LogP contribution is -2.47. The Labute approximate surface area is 135 Å². The molecular weight excluding hydrogens is 292 g/mol. The summed E-state index contributed by atoms with van der Waals surface area (Å²) in [4.78, 5) is 12.4. The largest absolute Gasteiger partial charge is 0.463 e. The lowest BCUT2D eigenvalue weighted by molar-refractivity contribution is -0.137. The third-order valence-electron chi connectivity index (χ3n) is 3.88. The van der Waals surface area contributed by atoms with Crippen LogP contribution in [0, 0.1) is 0 Å². The summed E-state index contributed by atoms with van der Waals surface area (Å²) in [6.07, 6.45) is 3.79. The fraction of sp³-hybridized carbons (Fsp3) is 0.500. The van der Waals surface area contributed by atoms with E-state index in [1.54, 1.807) is 13.0 Å². The lowest BCUT2D eigenvalue weighted by Gasteiger charge is -2.26. The molecule has 1 aromatic carbocycles. The number of carbonyl (C=O) groups is 1. The Morgan fingerprint density at radius 1 is 1.27 bits per heavy atom. The summed E-state index contributed by atoms with van der Waals surface area (Å²) in [7, 11) is -2.18. The molecule has 1 aromatic rings. The quantitative estimate of drug-likeness (QED) is 0.454. The summed E-state index contributed by atoms with van der Waals surface area (Å²) in [5.74, 6) is -0.293. The highest BCUT2D eigenvalue weighted by molar-refractivity contribution is 6.98. The number of carbonyl (C=O) groups excluding carboxylic acids is 1. The van der Waals surface area contributed by atoms with Crippen LogP contribution in [0.15, 0.2) is 41.6 Å². The average molecular weight is 321 g/mol. The van der Waals surface area contributed by atoms with Gasteiger partial charge in [0.15, 0.2) is 0 Å². The summed E-state index contributed by atoms with van der Waals surface area (Å²) in [6, 6.07) is 10.0. The van der Waals surface area contributed by atoms with E-state index in [1.807, 2.05) is 18.2 Å². The number of ether oxygens (including phenoxy) is 1. The van der Waals surface area contributed by atoms with Crippen molar-refractivity contribution in [2.45, 2.75) is 52.3 Å². The number of unbranched alkanes of at least 4 members (excludes halogenated alkanes) is 1. The molecule has 1 rings (SSSR count). The molecule has 1 atom stereocenters. The van der Waals surface area contributed by atoms with Gasteiger partial charge in [-0.15, -0.1) is 0 Å². The molecule has 22 heavy (non-hydrogen) atoms. The Balaban J connectivity index is 3.14. The molecule has 0 aliphatic carbocycles. The number of aliphatic hydroxyl groups excluding tert-OH is 1. The van der Waals surface area contributed by atoms with Crippen LogP contribution in [-0.2, 0) is 9.53 Å². The summed E-state index contributed by atoms with van der Waals surface area (Å²) >= 11 is 0. The van der Waals surface area contributed by atoms with E-state index in [9.17, 15) is 9.90 Å². The second-order valence-electron chi connectivity index (χ2n) is 6.00. The third kappa shape index (κ3) is 5.11. The van der Waals surface area contributed by atoms with E-state index in [1.165, 1.54) is 0 Å². The SMILES string of the molecule is CCCCC(O)/C=C(/C(=O)OCC)[Si](C)(C)c1ccccc1. The fourth-order valence-corrected chi connectivity index (χ4v) is 4.97. The molecule has 0 aliphatic rings. The minimum atomic E-state index is -2.18. The molecule has 4 heteroatoms. The molecule has 0 saturated heterocycles. The van der Waals surface area contributed by atoms with Crippen molar-refractivity contribution in [1.29, 1.82) is 0 Å². The van der Waals surface area contributed by atoms with Gasteiger partial charge in [0.1, 0.15) is 8.07 Å². The maximum atomic E-state index is 12.4. The van der Waals surface area contributed by atoms with Crippen LogP contribution in [0.4, 0.5) is 0 Å². The summed E-state index contributed by atoms with van der Waals surface area (Å²) in [5.41, 5.74) is 0. The highest BCUT2D eigenvalue weighted by Crippen LogP contribution is 2.19. The van der Waals surface area contributed by atoms with Crippen molar-refractivity contribution in [3.05, 3.63) is 41.6 Å². The third-order valence-corrected chi connectivity index (χ3v) is 7.37. The highest BCUT2D eigenvalue weighted by Gasteiger charge is 2.34. The molecular formula is C18H28O3Si. The van der Waals surface area contributed by atoms with Gasteiger partial charge in [0.05, 0.1) is 12.7 Å². The molecule has 0 fully saturated rings. The molecule has 122 valence electrons. The van der Waals surface area contributed by atoms with Gasteiger partial charge in [-0.3, -0.25) is 0 Å². The van der Waals surface area contributed by atoms with E-state index in [4.69, 9.17) is 4.74 Å². The molecule has 0 aromatic heterocycles. The molecule has 1 N–H and O–H groups in total. The summed E-state index contributed by atoms with van der Waals surface area (Å²) < 4.78 is 5.23. The van der Waals surface area contributed by atoms with E-state index in [-0.39, 0.29) is 5.97 Å². The van der Waals surface area contributed by atoms with Gasteiger partial charge in [-0.05, 0) is 19.4 Å². The van der Waals surface area contributed by atoms with E-state index in [2.05, 4.69) is 32.2 Å². The summed E-state index contributed by atoms with van der Waals surface area (Å²) in [5, 5.41) is 12.0. The number of hydrogen-bond donors (Lipinski definition) is 1. The molecule has 0 aliphatic heterocycles. The van der Waals surface area contributed by atoms with Gasteiger partial charge in [-0.25, -0.2) is 4.79 Å². The van der Waals surface area contributed by atoms with E-state index in [0.717, 1.165) is 18.0 Å². The molecule has 3 nitrogen and oxygen atoms in total. The van der Waals surface area contributed by atoms with Crippen molar-refractivity contribution >= 4 is 19.2 Å². The normalized spacial score (nSPS) is 13.8. The molecule has 0 bridgehead atoms.